The van der Waals surface area contributed by atoms with Crippen molar-refractivity contribution in [2.24, 2.45) is 11.8 Å². The molecule has 1 saturated heterocycles. The fourth-order valence-electron chi connectivity index (χ4n) is 2.80. The average Bonchev–Trinajstić information content (AvgIpc) is 2.98. The average molecular weight is 346 g/mol. The summed E-state index contributed by atoms with van der Waals surface area (Å²) in [5, 5.41) is 3.37. The Morgan fingerprint density at radius 3 is 2.46 bits per heavy atom. The maximum atomic E-state index is 11.5. The smallest absolute Gasteiger partial charge is 0.175 e. The van der Waals surface area contributed by atoms with Crippen molar-refractivity contribution in [2.75, 3.05) is 26.0 Å². The number of pyridine rings is 1. The van der Waals surface area contributed by atoms with Crippen LogP contribution in [0.2, 0.25) is 0 Å². The Hall–Kier alpha value is -1.92. The van der Waals surface area contributed by atoms with E-state index < -0.39 is 9.84 Å². The lowest BCUT2D eigenvalue weighted by molar-refractivity contribution is 0.232. The van der Waals surface area contributed by atoms with Crippen LogP contribution >= 0.6 is 0 Å². The van der Waals surface area contributed by atoms with Crippen LogP contribution in [-0.2, 0) is 9.84 Å². The van der Waals surface area contributed by atoms with E-state index in [0.717, 1.165) is 30.1 Å². The molecule has 2 aromatic rings. The summed E-state index contributed by atoms with van der Waals surface area (Å²) in [6, 6.07) is 10.5. The van der Waals surface area contributed by atoms with E-state index in [1.54, 1.807) is 30.5 Å². The molecule has 128 valence electrons. The molecule has 0 saturated carbocycles. The maximum Gasteiger partial charge on any atom is 0.175 e. The van der Waals surface area contributed by atoms with Gasteiger partial charge in [-0.1, -0.05) is 19.1 Å². The molecule has 2 atom stereocenters. The Bertz CT molecular complexity index is 786. The zero-order valence-corrected chi connectivity index (χ0v) is 14.7. The molecule has 1 aliphatic rings. The highest BCUT2D eigenvalue weighted by Gasteiger charge is 2.23. The lowest BCUT2D eigenvalue weighted by atomic mass is 9.99. The van der Waals surface area contributed by atoms with Crippen LogP contribution in [0.5, 0.6) is 5.75 Å². The molecule has 6 heteroatoms. The summed E-state index contributed by atoms with van der Waals surface area (Å²) in [6.07, 6.45) is 2.92. The number of sulfone groups is 1. The van der Waals surface area contributed by atoms with Crippen molar-refractivity contribution in [1.29, 1.82) is 0 Å². The van der Waals surface area contributed by atoms with Crippen LogP contribution in [0.4, 0.5) is 0 Å². The Morgan fingerprint density at radius 2 is 1.92 bits per heavy atom. The van der Waals surface area contributed by atoms with Gasteiger partial charge >= 0.3 is 0 Å². The van der Waals surface area contributed by atoms with Gasteiger partial charge in [0.05, 0.1) is 23.4 Å². The second kappa shape index (κ2) is 6.91. The third kappa shape index (κ3) is 3.94. The zero-order chi connectivity index (χ0) is 17.2. The van der Waals surface area contributed by atoms with Gasteiger partial charge in [-0.15, -0.1) is 0 Å². The van der Waals surface area contributed by atoms with Crippen LogP contribution in [0.1, 0.15) is 6.92 Å². The third-order valence-electron chi connectivity index (χ3n) is 4.46. The topological polar surface area (TPSA) is 68.3 Å². The molecule has 0 radical (unpaired) electrons. The molecule has 24 heavy (non-hydrogen) atoms. The van der Waals surface area contributed by atoms with Gasteiger partial charge in [0.15, 0.2) is 9.84 Å². The maximum absolute atomic E-state index is 11.5. The summed E-state index contributed by atoms with van der Waals surface area (Å²) in [7, 11) is -3.17. The van der Waals surface area contributed by atoms with Gasteiger partial charge in [-0.05, 0) is 36.7 Å². The molecule has 3 rings (SSSR count). The van der Waals surface area contributed by atoms with Crippen LogP contribution in [0, 0.1) is 11.8 Å². The predicted octanol–water partition coefficient (Wildman–Crippen LogP) is 2.39. The number of benzene rings is 1. The van der Waals surface area contributed by atoms with Crippen molar-refractivity contribution in [3.8, 4) is 17.0 Å². The van der Waals surface area contributed by atoms with Crippen molar-refractivity contribution in [3.63, 3.8) is 0 Å². The lowest BCUT2D eigenvalue weighted by Gasteiger charge is -2.15. The standard InChI is InChI=1S/C18H22N2O3S/c1-13-9-19-10-15(13)12-23-16-5-8-18(20-11-16)14-3-6-17(7-4-14)24(2,21)22/h3-8,11,13,15,19H,9-10,12H2,1-2H3. The van der Waals surface area contributed by atoms with Gasteiger partial charge in [0.25, 0.3) is 0 Å². The summed E-state index contributed by atoms with van der Waals surface area (Å²) in [5.41, 5.74) is 1.67. The summed E-state index contributed by atoms with van der Waals surface area (Å²) in [4.78, 5) is 4.73. The van der Waals surface area contributed by atoms with E-state index in [4.69, 9.17) is 4.74 Å². The molecule has 1 aromatic carbocycles. The first kappa shape index (κ1) is 16.9. The van der Waals surface area contributed by atoms with E-state index >= 15 is 0 Å². The van der Waals surface area contributed by atoms with Crippen LogP contribution in [0.3, 0.4) is 0 Å². The van der Waals surface area contributed by atoms with Crippen molar-refractivity contribution in [3.05, 3.63) is 42.6 Å². The van der Waals surface area contributed by atoms with Crippen LogP contribution < -0.4 is 10.1 Å². The first-order valence-corrected chi connectivity index (χ1v) is 9.92. The first-order chi connectivity index (χ1) is 11.4. The highest BCUT2D eigenvalue weighted by molar-refractivity contribution is 7.90. The van der Waals surface area contributed by atoms with Crippen molar-refractivity contribution in [1.82, 2.24) is 10.3 Å². The summed E-state index contributed by atoms with van der Waals surface area (Å²) >= 11 is 0. The van der Waals surface area contributed by atoms with Gasteiger partial charge in [0, 0.05) is 24.3 Å². The zero-order valence-electron chi connectivity index (χ0n) is 13.9. The largest absolute Gasteiger partial charge is 0.492 e. The van der Waals surface area contributed by atoms with Gasteiger partial charge in [0.2, 0.25) is 0 Å². The van der Waals surface area contributed by atoms with E-state index in [0.29, 0.717) is 23.3 Å². The molecule has 0 bridgehead atoms. The monoisotopic (exact) mass is 346 g/mol. The van der Waals surface area contributed by atoms with Crippen molar-refractivity contribution < 1.29 is 13.2 Å². The summed E-state index contributed by atoms with van der Waals surface area (Å²) in [5.74, 6) is 1.92. The van der Waals surface area contributed by atoms with Gasteiger partial charge in [-0.2, -0.15) is 0 Å². The van der Waals surface area contributed by atoms with Crippen LogP contribution in [0.15, 0.2) is 47.5 Å². The fraction of sp³-hybridized carbons (Fsp3) is 0.389. The Labute approximate surface area is 143 Å². The SMILES string of the molecule is CC1CNCC1COc1ccc(-c2ccc(S(C)(=O)=O)cc2)nc1. The molecule has 1 N–H and O–H groups in total. The molecule has 0 aliphatic carbocycles. The molecule has 1 fully saturated rings. The van der Waals surface area contributed by atoms with Crippen LogP contribution in [-0.4, -0.2) is 39.4 Å². The minimum absolute atomic E-state index is 0.311. The van der Waals surface area contributed by atoms with E-state index in [1.807, 2.05) is 12.1 Å². The highest BCUT2D eigenvalue weighted by atomic mass is 32.2. The minimum atomic E-state index is -3.17. The molecular formula is C18H22N2O3S. The molecule has 2 heterocycles. The lowest BCUT2D eigenvalue weighted by Crippen LogP contribution is -2.18. The molecule has 2 unspecified atom stereocenters. The molecular weight excluding hydrogens is 324 g/mol. The predicted molar refractivity (Wildman–Crippen MR) is 93.8 cm³/mol. The quantitative estimate of drug-likeness (QED) is 0.900. The van der Waals surface area contributed by atoms with E-state index in [1.165, 1.54) is 6.26 Å². The molecule has 5 nitrogen and oxygen atoms in total. The summed E-state index contributed by atoms with van der Waals surface area (Å²) in [6.45, 7) is 4.97. The Kier molecular flexibility index (Phi) is 4.87. The van der Waals surface area contributed by atoms with Gasteiger partial charge in [-0.3, -0.25) is 4.98 Å². The molecule has 1 aliphatic heterocycles. The number of nitrogens with one attached hydrogen (secondary N) is 1. The van der Waals surface area contributed by atoms with E-state index in [-0.39, 0.29) is 0 Å². The number of nitrogens with zero attached hydrogens (tertiary/aromatic N) is 1. The van der Waals surface area contributed by atoms with E-state index in [2.05, 4.69) is 17.2 Å². The summed E-state index contributed by atoms with van der Waals surface area (Å²) < 4.78 is 28.8. The fourth-order valence-corrected chi connectivity index (χ4v) is 3.43. The van der Waals surface area contributed by atoms with Gasteiger partial charge < -0.3 is 10.1 Å². The number of ether oxygens (including phenoxy) is 1. The number of hydrogen-bond acceptors (Lipinski definition) is 5. The van der Waals surface area contributed by atoms with Crippen molar-refractivity contribution >= 4 is 9.84 Å². The second-order valence-corrected chi connectivity index (χ2v) is 8.40. The molecule has 0 spiro atoms. The Morgan fingerprint density at radius 1 is 1.17 bits per heavy atom. The number of hydrogen-bond donors (Lipinski definition) is 1. The minimum Gasteiger partial charge on any atom is -0.492 e. The number of rotatable bonds is 5. The van der Waals surface area contributed by atoms with Crippen molar-refractivity contribution in [2.45, 2.75) is 11.8 Å². The third-order valence-corrected chi connectivity index (χ3v) is 5.58. The normalized spacial score (nSPS) is 20.9. The van der Waals surface area contributed by atoms with E-state index in [9.17, 15) is 8.42 Å². The molecule has 1 aromatic heterocycles. The highest BCUT2D eigenvalue weighted by Crippen LogP contribution is 2.22. The first-order valence-electron chi connectivity index (χ1n) is 8.03. The second-order valence-electron chi connectivity index (χ2n) is 6.38. The number of aromatic nitrogens is 1. The van der Waals surface area contributed by atoms with Gasteiger partial charge in [-0.25, -0.2) is 8.42 Å². The Balaban J connectivity index is 1.65. The van der Waals surface area contributed by atoms with Crippen LogP contribution in [0.25, 0.3) is 11.3 Å². The van der Waals surface area contributed by atoms with Gasteiger partial charge in [0.1, 0.15) is 5.75 Å². The molecule has 0 amide bonds.